The lowest BCUT2D eigenvalue weighted by atomic mass is 10.2. The van der Waals surface area contributed by atoms with Crippen LogP contribution >= 0.6 is 0 Å². The van der Waals surface area contributed by atoms with E-state index < -0.39 is 15.8 Å². The number of nitrogens with zero attached hydrogens (tertiary/aromatic N) is 1. The van der Waals surface area contributed by atoms with Gasteiger partial charge in [0.2, 0.25) is 15.7 Å². The van der Waals surface area contributed by atoms with Crippen molar-refractivity contribution in [1.82, 2.24) is 0 Å². The number of fused-ring (bicyclic) bond motifs is 1. The predicted octanol–water partition coefficient (Wildman–Crippen LogP) is 0.319. The molecular formula is C11H13NO4S. The van der Waals surface area contributed by atoms with Gasteiger partial charge in [-0.1, -0.05) is 0 Å². The molecule has 0 atom stereocenters. The zero-order valence-corrected chi connectivity index (χ0v) is 10.2. The maximum absolute atomic E-state index is 11.5. The first-order chi connectivity index (χ1) is 7.95. The highest BCUT2D eigenvalue weighted by Gasteiger charge is 2.24. The molecule has 1 aromatic carbocycles. The number of carbonyl (C=O) groups is 1. The van der Waals surface area contributed by atoms with Crippen LogP contribution in [0.3, 0.4) is 0 Å². The minimum Gasteiger partial charge on any atom is -0.380 e. The largest absolute Gasteiger partial charge is 0.380 e. The number of aliphatic hydroxyl groups is 1. The fourth-order valence-corrected chi connectivity index (χ4v) is 2.72. The number of benzene rings is 1. The minimum absolute atomic E-state index is 0.0542. The van der Waals surface area contributed by atoms with E-state index in [1.165, 1.54) is 19.1 Å². The third kappa shape index (κ3) is 2.05. The highest BCUT2D eigenvalue weighted by Crippen LogP contribution is 2.30. The standard InChI is InChI=1S/C11H13NO4S/c1-8(14)12-5-4-9-6-10(2-3-11(9)12)17(15,16)7-13/h2-3,6,13H,4-5,7H2,1H3. The second-order valence-electron chi connectivity index (χ2n) is 3.96. The van der Waals surface area contributed by atoms with Gasteiger partial charge in [-0.25, -0.2) is 8.42 Å². The van der Waals surface area contributed by atoms with Crippen molar-refractivity contribution in [3.05, 3.63) is 23.8 Å². The van der Waals surface area contributed by atoms with Crippen molar-refractivity contribution in [3.8, 4) is 0 Å². The number of hydrogen-bond acceptors (Lipinski definition) is 4. The van der Waals surface area contributed by atoms with Crippen LogP contribution in [-0.2, 0) is 21.1 Å². The molecule has 0 spiro atoms. The zero-order valence-electron chi connectivity index (χ0n) is 9.38. The Morgan fingerprint density at radius 2 is 2.18 bits per heavy atom. The molecule has 17 heavy (non-hydrogen) atoms. The molecule has 1 amide bonds. The van der Waals surface area contributed by atoms with Crippen molar-refractivity contribution >= 4 is 21.4 Å². The summed E-state index contributed by atoms with van der Waals surface area (Å²) < 4.78 is 23.0. The van der Waals surface area contributed by atoms with E-state index in [4.69, 9.17) is 5.11 Å². The summed E-state index contributed by atoms with van der Waals surface area (Å²) in [5, 5.41) is 8.78. The van der Waals surface area contributed by atoms with Crippen LogP contribution in [0, 0.1) is 0 Å². The normalized spacial score (nSPS) is 14.8. The Hall–Kier alpha value is -1.40. The molecule has 0 aliphatic carbocycles. The van der Waals surface area contributed by atoms with Crippen LogP contribution in [0.4, 0.5) is 5.69 Å². The first-order valence-electron chi connectivity index (χ1n) is 5.20. The molecule has 1 N–H and O–H groups in total. The average Bonchev–Trinajstić information content (AvgIpc) is 2.71. The molecule has 0 radical (unpaired) electrons. The molecule has 1 aliphatic heterocycles. The summed E-state index contributed by atoms with van der Waals surface area (Å²) in [6.45, 7) is 2.06. The Kier molecular flexibility index (Phi) is 2.92. The lowest BCUT2D eigenvalue weighted by Gasteiger charge is -2.14. The minimum atomic E-state index is -3.61. The van der Waals surface area contributed by atoms with E-state index in [0.29, 0.717) is 13.0 Å². The van der Waals surface area contributed by atoms with Gasteiger partial charge in [-0.2, -0.15) is 0 Å². The molecule has 0 saturated carbocycles. The summed E-state index contributed by atoms with van der Waals surface area (Å²) in [7, 11) is -3.61. The van der Waals surface area contributed by atoms with E-state index in [9.17, 15) is 13.2 Å². The first-order valence-corrected chi connectivity index (χ1v) is 6.85. The molecule has 5 nitrogen and oxygen atoms in total. The molecule has 0 bridgehead atoms. The van der Waals surface area contributed by atoms with Gasteiger partial charge in [0, 0.05) is 19.2 Å². The molecular weight excluding hydrogens is 242 g/mol. The number of sulfone groups is 1. The highest BCUT2D eigenvalue weighted by molar-refractivity contribution is 7.91. The van der Waals surface area contributed by atoms with Crippen molar-refractivity contribution in [2.45, 2.75) is 18.2 Å². The Bertz CT molecular complexity index is 565. The monoisotopic (exact) mass is 255 g/mol. The van der Waals surface area contributed by atoms with E-state index in [-0.39, 0.29) is 10.8 Å². The lowest BCUT2D eigenvalue weighted by molar-refractivity contribution is -0.116. The van der Waals surface area contributed by atoms with Gasteiger partial charge in [0.05, 0.1) is 4.90 Å². The van der Waals surface area contributed by atoms with Gasteiger partial charge in [0.1, 0.15) is 5.94 Å². The molecule has 2 rings (SSSR count). The summed E-state index contributed by atoms with van der Waals surface area (Å²) in [6.07, 6.45) is 0.643. The van der Waals surface area contributed by atoms with Gasteiger partial charge < -0.3 is 10.0 Å². The van der Waals surface area contributed by atoms with E-state index in [1.807, 2.05) is 0 Å². The number of carbonyl (C=O) groups excluding carboxylic acids is 1. The smallest absolute Gasteiger partial charge is 0.223 e. The van der Waals surface area contributed by atoms with Gasteiger partial charge in [0.15, 0.2) is 0 Å². The van der Waals surface area contributed by atoms with Crippen LogP contribution in [0.2, 0.25) is 0 Å². The first kappa shape index (κ1) is 12.1. The summed E-state index contributed by atoms with van der Waals surface area (Å²) in [5.74, 6) is -0.955. The second-order valence-corrected chi connectivity index (χ2v) is 5.91. The van der Waals surface area contributed by atoms with Gasteiger partial charge in [-0.05, 0) is 30.2 Å². The zero-order chi connectivity index (χ0) is 12.6. The van der Waals surface area contributed by atoms with Crippen molar-refractivity contribution in [2.24, 2.45) is 0 Å². The molecule has 6 heteroatoms. The maximum atomic E-state index is 11.5. The number of aliphatic hydroxyl groups excluding tert-OH is 1. The molecule has 0 saturated heterocycles. The molecule has 0 unspecified atom stereocenters. The van der Waals surface area contributed by atoms with Crippen molar-refractivity contribution in [2.75, 3.05) is 17.4 Å². The Balaban J connectivity index is 2.45. The third-order valence-electron chi connectivity index (χ3n) is 2.86. The Labute approximate surface area is 99.6 Å². The van der Waals surface area contributed by atoms with Gasteiger partial charge in [0.25, 0.3) is 0 Å². The van der Waals surface area contributed by atoms with Crippen LogP contribution in [0.1, 0.15) is 12.5 Å². The van der Waals surface area contributed by atoms with Crippen molar-refractivity contribution in [3.63, 3.8) is 0 Å². The topological polar surface area (TPSA) is 74.7 Å². The summed E-state index contributed by atoms with van der Waals surface area (Å²) in [5.41, 5.74) is 1.59. The molecule has 92 valence electrons. The van der Waals surface area contributed by atoms with Gasteiger partial charge >= 0.3 is 0 Å². The summed E-state index contributed by atoms with van der Waals surface area (Å²) in [6, 6.07) is 4.57. The van der Waals surface area contributed by atoms with E-state index in [1.54, 1.807) is 11.0 Å². The van der Waals surface area contributed by atoms with E-state index in [0.717, 1.165) is 11.3 Å². The summed E-state index contributed by atoms with van der Waals surface area (Å²) in [4.78, 5) is 13.0. The van der Waals surface area contributed by atoms with Crippen LogP contribution in [-0.4, -0.2) is 31.9 Å². The van der Waals surface area contributed by atoms with E-state index >= 15 is 0 Å². The number of rotatable bonds is 2. The Morgan fingerprint density at radius 3 is 2.76 bits per heavy atom. The summed E-state index contributed by atoms with van der Waals surface area (Å²) >= 11 is 0. The lowest BCUT2D eigenvalue weighted by Crippen LogP contribution is -2.25. The third-order valence-corrected chi connectivity index (χ3v) is 4.17. The fourth-order valence-electron chi connectivity index (χ4n) is 1.97. The molecule has 0 aromatic heterocycles. The number of hydrogen-bond donors (Lipinski definition) is 1. The van der Waals surface area contributed by atoms with Crippen molar-refractivity contribution in [1.29, 1.82) is 0 Å². The SMILES string of the molecule is CC(=O)N1CCc2cc(S(=O)(=O)CO)ccc21. The molecule has 1 aliphatic rings. The van der Waals surface area contributed by atoms with Crippen LogP contribution in [0.25, 0.3) is 0 Å². The van der Waals surface area contributed by atoms with Crippen molar-refractivity contribution < 1.29 is 18.3 Å². The highest BCUT2D eigenvalue weighted by atomic mass is 32.2. The van der Waals surface area contributed by atoms with Crippen LogP contribution in [0.5, 0.6) is 0 Å². The van der Waals surface area contributed by atoms with Crippen LogP contribution < -0.4 is 4.90 Å². The van der Waals surface area contributed by atoms with E-state index in [2.05, 4.69) is 0 Å². The van der Waals surface area contributed by atoms with Gasteiger partial charge in [-0.15, -0.1) is 0 Å². The Morgan fingerprint density at radius 1 is 1.47 bits per heavy atom. The van der Waals surface area contributed by atoms with Gasteiger partial charge in [-0.3, -0.25) is 4.79 Å². The van der Waals surface area contributed by atoms with Crippen LogP contribution in [0.15, 0.2) is 23.1 Å². The molecule has 1 heterocycles. The average molecular weight is 255 g/mol. The fraction of sp³-hybridized carbons (Fsp3) is 0.364. The number of anilines is 1. The quantitative estimate of drug-likeness (QED) is 0.825. The predicted molar refractivity (Wildman–Crippen MR) is 62.4 cm³/mol. The molecule has 1 aromatic rings. The molecule has 0 fully saturated rings. The number of amides is 1. The second kappa shape index (κ2) is 4.12. The maximum Gasteiger partial charge on any atom is 0.223 e.